The predicted molar refractivity (Wildman–Crippen MR) is 74.3 cm³/mol. The topological polar surface area (TPSA) is 38.7 Å². The average Bonchev–Trinajstić information content (AvgIpc) is 2.46. The highest BCUT2D eigenvalue weighted by atomic mass is 19.1. The lowest BCUT2D eigenvalue weighted by atomic mass is 10.1. The van der Waals surface area contributed by atoms with Crippen molar-refractivity contribution in [3.63, 3.8) is 0 Å². The molecule has 112 valence electrons. The monoisotopic (exact) mass is 294 g/mol. The number of methoxy groups -OCH3 is 1. The van der Waals surface area contributed by atoms with E-state index in [-0.39, 0.29) is 12.4 Å². The second kappa shape index (κ2) is 6.54. The third kappa shape index (κ3) is 3.70. The molecule has 0 aliphatic carbocycles. The number of rotatable bonds is 5. The molecule has 1 N–H and O–H groups in total. The highest BCUT2D eigenvalue weighted by Crippen LogP contribution is 2.26. The summed E-state index contributed by atoms with van der Waals surface area (Å²) in [5.41, 5.74) is 1.37. The maximum Gasteiger partial charge on any atom is 0.167 e. The molecule has 1 unspecified atom stereocenters. The molecule has 21 heavy (non-hydrogen) atoms. The minimum absolute atomic E-state index is 0.0408. The molecular formula is C16H16F2O3. The molecule has 5 heteroatoms. The molecular weight excluding hydrogens is 278 g/mol. The summed E-state index contributed by atoms with van der Waals surface area (Å²) in [5.74, 6) is -0.892. The van der Waals surface area contributed by atoms with E-state index < -0.39 is 17.7 Å². The Labute approximate surface area is 121 Å². The largest absolute Gasteiger partial charge is 0.496 e. The van der Waals surface area contributed by atoms with Crippen LogP contribution in [-0.4, -0.2) is 12.2 Å². The van der Waals surface area contributed by atoms with Crippen LogP contribution in [0.25, 0.3) is 0 Å². The van der Waals surface area contributed by atoms with Crippen molar-refractivity contribution in [1.29, 1.82) is 0 Å². The van der Waals surface area contributed by atoms with Crippen molar-refractivity contribution in [2.75, 3.05) is 7.11 Å². The van der Waals surface area contributed by atoms with Crippen molar-refractivity contribution in [2.24, 2.45) is 0 Å². The predicted octanol–water partition coefficient (Wildman–Crippen LogP) is 3.61. The third-order valence-electron chi connectivity index (χ3n) is 3.06. The molecule has 0 saturated heterocycles. The Balaban J connectivity index is 2.20. The van der Waals surface area contributed by atoms with Crippen LogP contribution in [0.2, 0.25) is 0 Å². The first-order valence-corrected chi connectivity index (χ1v) is 6.44. The van der Waals surface area contributed by atoms with Crippen LogP contribution in [0.4, 0.5) is 8.78 Å². The molecule has 0 saturated carbocycles. The molecule has 0 aliphatic rings. The fourth-order valence-corrected chi connectivity index (χ4v) is 1.92. The van der Waals surface area contributed by atoms with Gasteiger partial charge >= 0.3 is 0 Å². The van der Waals surface area contributed by atoms with Gasteiger partial charge in [-0.2, -0.15) is 0 Å². The van der Waals surface area contributed by atoms with Gasteiger partial charge in [-0.25, -0.2) is 8.78 Å². The van der Waals surface area contributed by atoms with E-state index in [9.17, 15) is 13.9 Å². The lowest BCUT2D eigenvalue weighted by Crippen LogP contribution is -2.02. The molecule has 0 fully saturated rings. The number of hydrogen-bond donors (Lipinski definition) is 1. The second-order valence-electron chi connectivity index (χ2n) is 4.61. The molecule has 0 bridgehead atoms. The van der Waals surface area contributed by atoms with Crippen molar-refractivity contribution < 1.29 is 23.4 Å². The molecule has 0 amide bonds. The van der Waals surface area contributed by atoms with Crippen LogP contribution < -0.4 is 9.47 Å². The smallest absolute Gasteiger partial charge is 0.167 e. The number of aliphatic hydroxyl groups excluding tert-OH is 1. The zero-order chi connectivity index (χ0) is 15.4. The fraction of sp³-hybridized carbons (Fsp3) is 0.250. The minimum atomic E-state index is -0.763. The van der Waals surface area contributed by atoms with Crippen LogP contribution in [0.5, 0.6) is 11.5 Å². The maximum absolute atomic E-state index is 13.5. The van der Waals surface area contributed by atoms with Gasteiger partial charge in [-0.3, -0.25) is 0 Å². The highest BCUT2D eigenvalue weighted by molar-refractivity contribution is 5.38. The van der Waals surface area contributed by atoms with Crippen LogP contribution in [0.15, 0.2) is 36.4 Å². The van der Waals surface area contributed by atoms with E-state index in [0.717, 1.165) is 12.1 Å². The van der Waals surface area contributed by atoms with E-state index in [4.69, 9.17) is 9.47 Å². The zero-order valence-electron chi connectivity index (χ0n) is 11.8. The van der Waals surface area contributed by atoms with E-state index in [0.29, 0.717) is 16.9 Å². The van der Waals surface area contributed by atoms with Crippen LogP contribution in [0.1, 0.15) is 24.2 Å². The maximum atomic E-state index is 13.5. The summed E-state index contributed by atoms with van der Waals surface area (Å²) in [5, 5.41) is 9.59. The van der Waals surface area contributed by atoms with Crippen LogP contribution in [0, 0.1) is 11.6 Å². The molecule has 0 radical (unpaired) electrons. The Hall–Kier alpha value is -2.14. The van der Waals surface area contributed by atoms with Gasteiger partial charge in [-0.05, 0) is 36.8 Å². The molecule has 0 aromatic heterocycles. The summed E-state index contributed by atoms with van der Waals surface area (Å²) >= 11 is 0. The number of halogens is 2. The lowest BCUT2D eigenvalue weighted by Gasteiger charge is -2.13. The molecule has 0 spiro atoms. The Morgan fingerprint density at radius 2 is 1.81 bits per heavy atom. The van der Waals surface area contributed by atoms with E-state index in [2.05, 4.69) is 0 Å². The van der Waals surface area contributed by atoms with Crippen LogP contribution >= 0.6 is 0 Å². The standard InChI is InChI=1S/C16H16F2O3/c1-10(19)11-3-5-15(20-2)12(7-11)9-21-16-6-4-13(17)8-14(16)18/h3-8,10,19H,9H2,1-2H3. The molecule has 3 nitrogen and oxygen atoms in total. The number of aliphatic hydroxyl groups is 1. The number of ether oxygens (including phenoxy) is 2. The van der Waals surface area contributed by atoms with Crippen molar-refractivity contribution >= 4 is 0 Å². The summed E-state index contributed by atoms with van der Waals surface area (Å²) in [6, 6.07) is 8.30. The van der Waals surface area contributed by atoms with Crippen molar-refractivity contribution in [2.45, 2.75) is 19.6 Å². The van der Waals surface area contributed by atoms with E-state index in [1.165, 1.54) is 13.2 Å². The van der Waals surface area contributed by atoms with Gasteiger partial charge in [0, 0.05) is 11.6 Å². The molecule has 1 atom stereocenters. The first kappa shape index (κ1) is 15.3. The van der Waals surface area contributed by atoms with E-state index in [1.807, 2.05) is 0 Å². The minimum Gasteiger partial charge on any atom is -0.496 e. The average molecular weight is 294 g/mol. The van der Waals surface area contributed by atoms with Crippen LogP contribution in [-0.2, 0) is 6.61 Å². The van der Waals surface area contributed by atoms with Crippen molar-refractivity contribution in [3.05, 3.63) is 59.2 Å². The van der Waals surface area contributed by atoms with Gasteiger partial charge in [0.15, 0.2) is 11.6 Å². The number of hydrogen-bond acceptors (Lipinski definition) is 3. The van der Waals surface area contributed by atoms with Gasteiger partial charge in [-0.15, -0.1) is 0 Å². The molecule has 2 aromatic rings. The quantitative estimate of drug-likeness (QED) is 0.915. The van der Waals surface area contributed by atoms with E-state index >= 15 is 0 Å². The molecule has 2 aromatic carbocycles. The van der Waals surface area contributed by atoms with Gasteiger partial charge in [0.25, 0.3) is 0 Å². The Kier molecular flexibility index (Phi) is 4.75. The number of benzene rings is 2. The Morgan fingerprint density at radius 3 is 2.43 bits per heavy atom. The van der Waals surface area contributed by atoms with Crippen molar-refractivity contribution in [3.8, 4) is 11.5 Å². The second-order valence-corrected chi connectivity index (χ2v) is 4.61. The van der Waals surface area contributed by atoms with Gasteiger partial charge in [0.1, 0.15) is 18.2 Å². The molecule has 0 aliphatic heterocycles. The third-order valence-corrected chi connectivity index (χ3v) is 3.06. The van der Waals surface area contributed by atoms with E-state index in [1.54, 1.807) is 25.1 Å². The summed E-state index contributed by atoms with van der Waals surface area (Å²) in [6.45, 7) is 1.69. The van der Waals surface area contributed by atoms with Gasteiger partial charge < -0.3 is 14.6 Å². The summed E-state index contributed by atoms with van der Waals surface area (Å²) in [4.78, 5) is 0. The molecule has 2 rings (SSSR count). The molecule has 0 heterocycles. The first-order chi connectivity index (χ1) is 10.0. The summed E-state index contributed by atoms with van der Waals surface area (Å²) < 4.78 is 36.9. The normalized spacial score (nSPS) is 12.0. The summed E-state index contributed by atoms with van der Waals surface area (Å²) in [6.07, 6.45) is -0.628. The fourth-order valence-electron chi connectivity index (χ4n) is 1.92. The Morgan fingerprint density at radius 1 is 1.10 bits per heavy atom. The first-order valence-electron chi connectivity index (χ1n) is 6.44. The lowest BCUT2D eigenvalue weighted by molar-refractivity contribution is 0.198. The SMILES string of the molecule is COc1ccc(C(C)O)cc1COc1ccc(F)cc1F. The zero-order valence-corrected chi connectivity index (χ0v) is 11.8. The highest BCUT2D eigenvalue weighted by Gasteiger charge is 2.10. The van der Waals surface area contributed by atoms with Gasteiger partial charge in [-0.1, -0.05) is 6.07 Å². The van der Waals surface area contributed by atoms with Crippen molar-refractivity contribution in [1.82, 2.24) is 0 Å². The van der Waals surface area contributed by atoms with Crippen LogP contribution in [0.3, 0.4) is 0 Å². The Bertz CT molecular complexity index is 627. The van der Waals surface area contributed by atoms with Gasteiger partial charge in [0.2, 0.25) is 0 Å². The summed E-state index contributed by atoms with van der Waals surface area (Å²) in [7, 11) is 1.51. The van der Waals surface area contributed by atoms with Gasteiger partial charge in [0.05, 0.1) is 13.2 Å².